The first-order chi connectivity index (χ1) is 5.28. The van der Waals surface area contributed by atoms with E-state index in [1.54, 1.807) is 7.11 Å². The number of methoxy groups -OCH3 is 1. The van der Waals surface area contributed by atoms with Crippen molar-refractivity contribution in [3.8, 4) is 0 Å². The van der Waals surface area contributed by atoms with Crippen molar-refractivity contribution < 1.29 is 4.74 Å². The van der Waals surface area contributed by atoms with Gasteiger partial charge in [-0.05, 0) is 25.0 Å². The molecule has 0 radical (unpaired) electrons. The molecule has 0 unspecified atom stereocenters. The summed E-state index contributed by atoms with van der Waals surface area (Å²) in [6, 6.07) is 4.20. The molecule has 1 aliphatic carbocycles. The van der Waals surface area contributed by atoms with E-state index in [4.69, 9.17) is 4.74 Å². The fourth-order valence-corrected chi connectivity index (χ4v) is 1.61. The van der Waals surface area contributed by atoms with Gasteiger partial charge in [0.15, 0.2) is 0 Å². The van der Waals surface area contributed by atoms with Gasteiger partial charge in [0.05, 0.1) is 0 Å². The zero-order valence-electron chi connectivity index (χ0n) is 7.00. The third-order valence-corrected chi connectivity index (χ3v) is 2.51. The molecule has 11 heavy (non-hydrogen) atoms. The molecule has 1 aliphatic rings. The molecule has 0 spiro atoms. The van der Waals surface area contributed by atoms with Crippen molar-refractivity contribution in [1.29, 1.82) is 0 Å². The summed E-state index contributed by atoms with van der Waals surface area (Å²) in [5.41, 5.74) is 1.37. The fourth-order valence-electron chi connectivity index (χ4n) is 1.61. The molecule has 0 N–H and O–H groups in total. The molecule has 2 nitrogen and oxygen atoms in total. The van der Waals surface area contributed by atoms with Gasteiger partial charge in [0, 0.05) is 26.0 Å². The molecule has 1 fully saturated rings. The summed E-state index contributed by atoms with van der Waals surface area (Å²) in [6.07, 6.45) is 4.40. The highest BCUT2D eigenvalue weighted by molar-refractivity contribution is 5.22. The molecular formula is C9H13NO. The molecule has 0 aromatic carbocycles. The van der Waals surface area contributed by atoms with Gasteiger partial charge in [-0.15, -0.1) is 0 Å². The Balaban J connectivity index is 2.35. The molecular weight excluding hydrogens is 138 g/mol. The van der Waals surface area contributed by atoms with E-state index in [0.29, 0.717) is 0 Å². The van der Waals surface area contributed by atoms with Crippen molar-refractivity contribution in [2.24, 2.45) is 7.05 Å². The van der Waals surface area contributed by atoms with Crippen LogP contribution in [-0.4, -0.2) is 11.7 Å². The normalized spacial score (nSPS) is 20.2. The molecule has 60 valence electrons. The van der Waals surface area contributed by atoms with Gasteiger partial charge < -0.3 is 9.30 Å². The molecule has 2 heteroatoms. The van der Waals surface area contributed by atoms with Gasteiger partial charge in [0.2, 0.25) is 0 Å². The van der Waals surface area contributed by atoms with Gasteiger partial charge in [-0.25, -0.2) is 0 Å². The summed E-state index contributed by atoms with van der Waals surface area (Å²) < 4.78 is 7.59. The molecule has 1 heterocycles. The van der Waals surface area contributed by atoms with Crippen LogP contribution in [0.15, 0.2) is 18.3 Å². The average molecular weight is 151 g/mol. The van der Waals surface area contributed by atoms with Crippen LogP contribution < -0.4 is 0 Å². The lowest BCUT2D eigenvalue weighted by atomic mass is 10.2. The third-order valence-electron chi connectivity index (χ3n) is 2.51. The lowest BCUT2D eigenvalue weighted by Gasteiger charge is -2.13. The predicted octanol–water partition coefficient (Wildman–Crippen LogP) is 1.66. The number of hydrogen-bond donors (Lipinski definition) is 0. The van der Waals surface area contributed by atoms with E-state index >= 15 is 0 Å². The SMILES string of the molecule is COC1(c2cccn2C)CC1. The van der Waals surface area contributed by atoms with Crippen molar-refractivity contribution >= 4 is 0 Å². The van der Waals surface area contributed by atoms with E-state index in [9.17, 15) is 0 Å². The van der Waals surface area contributed by atoms with E-state index < -0.39 is 0 Å². The van der Waals surface area contributed by atoms with Crippen LogP contribution in [0.4, 0.5) is 0 Å². The largest absolute Gasteiger partial charge is 0.372 e. The van der Waals surface area contributed by atoms with Crippen LogP contribution in [0.1, 0.15) is 18.5 Å². The Kier molecular flexibility index (Phi) is 1.33. The Labute approximate surface area is 66.8 Å². The molecule has 0 aliphatic heterocycles. The Bertz CT molecular complexity index is 260. The van der Waals surface area contributed by atoms with Crippen molar-refractivity contribution in [2.45, 2.75) is 18.4 Å². The standard InChI is InChI=1S/C9H13NO/c1-10-7-3-4-8(10)9(11-2)5-6-9/h3-4,7H,5-6H2,1-2H3. The zero-order valence-corrected chi connectivity index (χ0v) is 7.00. The number of aryl methyl sites for hydroxylation is 1. The summed E-state index contributed by atoms with van der Waals surface area (Å²) in [6.45, 7) is 0. The lowest BCUT2D eigenvalue weighted by Crippen LogP contribution is -2.12. The number of nitrogens with zero attached hydrogens (tertiary/aromatic N) is 1. The van der Waals surface area contributed by atoms with Crippen LogP contribution in [0.5, 0.6) is 0 Å². The Morgan fingerprint density at radius 3 is 2.64 bits per heavy atom. The van der Waals surface area contributed by atoms with Gasteiger partial charge in [-0.1, -0.05) is 0 Å². The lowest BCUT2D eigenvalue weighted by molar-refractivity contribution is 0.0727. The molecule has 1 saturated carbocycles. The first-order valence-electron chi connectivity index (χ1n) is 3.95. The zero-order chi connectivity index (χ0) is 7.90. The molecule has 1 aromatic heterocycles. The van der Waals surface area contributed by atoms with Crippen LogP contribution >= 0.6 is 0 Å². The first-order valence-corrected chi connectivity index (χ1v) is 3.95. The fraction of sp³-hybridized carbons (Fsp3) is 0.556. The van der Waals surface area contributed by atoms with Crippen LogP contribution in [-0.2, 0) is 17.4 Å². The second-order valence-corrected chi connectivity index (χ2v) is 3.20. The minimum atomic E-state index is 0.0677. The number of rotatable bonds is 2. The summed E-state index contributed by atoms with van der Waals surface area (Å²) >= 11 is 0. The second kappa shape index (κ2) is 2.11. The maximum atomic E-state index is 5.45. The average Bonchev–Trinajstić information content (AvgIpc) is 2.70. The first kappa shape index (κ1) is 6.92. The van der Waals surface area contributed by atoms with E-state index in [2.05, 4.69) is 29.9 Å². The van der Waals surface area contributed by atoms with E-state index in [-0.39, 0.29) is 5.60 Å². The maximum Gasteiger partial charge on any atom is 0.108 e. The quantitative estimate of drug-likeness (QED) is 0.627. The molecule has 2 rings (SSSR count). The van der Waals surface area contributed by atoms with Gasteiger partial charge in [-0.3, -0.25) is 0 Å². The predicted molar refractivity (Wildman–Crippen MR) is 43.3 cm³/mol. The summed E-state index contributed by atoms with van der Waals surface area (Å²) in [5.74, 6) is 0. The van der Waals surface area contributed by atoms with Crippen molar-refractivity contribution in [1.82, 2.24) is 4.57 Å². The molecule has 1 aromatic rings. The molecule has 0 saturated heterocycles. The summed E-state index contributed by atoms with van der Waals surface area (Å²) in [4.78, 5) is 0. The van der Waals surface area contributed by atoms with Crippen molar-refractivity contribution in [3.05, 3.63) is 24.0 Å². The van der Waals surface area contributed by atoms with Crippen LogP contribution in [0.25, 0.3) is 0 Å². The summed E-state index contributed by atoms with van der Waals surface area (Å²) in [5, 5.41) is 0. The van der Waals surface area contributed by atoms with Gasteiger partial charge >= 0.3 is 0 Å². The van der Waals surface area contributed by atoms with E-state index in [1.807, 2.05) is 0 Å². The number of hydrogen-bond acceptors (Lipinski definition) is 1. The highest BCUT2D eigenvalue weighted by atomic mass is 16.5. The highest BCUT2D eigenvalue weighted by Gasteiger charge is 2.46. The monoisotopic (exact) mass is 151 g/mol. The topological polar surface area (TPSA) is 14.2 Å². The van der Waals surface area contributed by atoms with E-state index in [1.165, 1.54) is 18.5 Å². The molecule has 0 amide bonds. The minimum absolute atomic E-state index is 0.0677. The van der Waals surface area contributed by atoms with E-state index in [0.717, 1.165) is 0 Å². The van der Waals surface area contributed by atoms with Gasteiger partial charge in [0.1, 0.15) is 5.60 Å². The van der Waals surface area contributed by atoms with Crippen LogP contribution in [0.3, 0.4) is 0 Å². The Morgan fingerprint density at radius 2 is 2.27 bits per heavy atom. The van der Waals surface area contributed by atoms with Gasteiger partial charge in [-0.2, -0.15) is 0 Å². The van der Waals surface area contributed by atoms with Crippen molar-refractivity contribution in [3.63, 3.8) is 0 Å². The Hall–Kier alpha value is -0.760. The maximum absolute atomic E-state index is 5.45. The Morgan fingerprint density at radius 1 is 1.55 bits per heavy atom. The number of aromatic nitrogens is 1. The van der Waals surface area contributed by atoms with Crippen molar-refractivity contribution in [2.75, 3.05) is 7.11 Å². The molecule has 0 bridgehead atoms. The number of ether oxygens (including phenoxy) is 1. The smallest absolute Gasteiger partial charge is 0.108 e. The second-order valence-electron chi connectivity index (χ2n) is 3.20. The van der Waals surface area contributed by atoms with Crippen LogP contribution in [0.2, 0.25) is 0 Å². The van der Waals surface area contributed by atoms with Gasteiger partial charge in [0.25, 0.3) is 0 Å². The third kappa shape index (κ3) is 0.897. The summed E-state index contributed by atoms with van der Waals surface area (Å²) in [7, 11) is 3.86. The molecule has 0 atom stereocenters. The van der Waals surface area contributed by atoms with Crippen LogP contribution in [0, 0.1) is 0 Å². The highest BCUT2D eigenvalue weighted by Crippen LogP contribution is 2.48. The minimum Gasteiger partial charge on any atom is -0.372 e.